The lowest BCUT2D eigenvalue weighted by Gasteiger charge is -2.22. The van der Waals surface area contributed by atoms with Crippen LogP contribution in [0.2, 0.25) is 0 Å². The molecule has 112 valence electrons. The summed E-state index contributed by atoms with van der Waals surface area (Å²) in [5, 5.41) is 0. The minimum Gasteiger partial charge on any atom is -0.341 e. The van der Waals surface area contributed by atoms with Crippen LogP contribution in [0.4, 0.5) is 0 Å². The van der Waals surface area contributed by atoms with Gasteiger partial charge >= 0.3 is 0 Å². The molecule has 1 fully saturated rings. The maximum absolute atomic E-state index is 12.6. The molecule has 1 saturated carbocycles. The lowest BCUT2D eigenvalue weighted by Crippen LogP contribution is -2.31. The standard InChI is InChI=1S/C18H24N2O/c1-14-16(10-6-12-19)9-5-11-17(14)18(21)20(2)13-15-7-3-4-8-15/h5,9,11,15H,3-4,7-8,12-13,19H2,1-2H3. The maximum atomic E-state index is 12.6. The van der Waals surface area contributed by atoms with Gasteiger partial charge in [-0.25, -0.2) is 0 Å². The summed E-state index contributed by atoms with van der Waals surface area (Å²) < 4.78 is 0. The fourth-order valence-electron chi connectivity index (χ4n) is 3.02. The van der Waals surface area contributed by atoms with E-state index in [1.807, 2.05) is 37.1 Å². The first-order valence-electron chi connectivity index (χ1n) is 7.67. The van der Waals surface area contributed by atoms with Gasteiger partial charge in [-0.05, 0) is 43.4 Å². The van der Waals surface area contributed by atoms with Crippen molar-refractivity contribution in [2.24, 2.45) is 11.7 Å². The summed E-state index contributed by atoms with van der Waals surface area (Å²) in [7, 11) is 1.90. The first kappa shape index (κ1) is 15.6. The Morgan fingerprint density at radius 2 is 2.10 bits per heavy atom. The van der Waals surface area contributed by atoms with E-state index in [1.165, 1.54) is 25.7 Å². The maximum Gasteiger partial charge on any atom is 0.253 e. The number of nitrogens with two attached hydrogens (primary N) is 1. The molecule has 0 aromatic heterocycles. The third kappa shape index (κ3) is 3.86. The third-order valence-corrected chi connectivity index (χ3v) is 4.24. The van der Waals surface area contributed by atoms with Crippen molar-refractivity contribution in [2.75, 3.05) is 20.1 Å². The van der Waals surface area contributed by atoms with Crippen LogP contribution in [0, 0.1) is 24.7 Å². The molecule has 1 aliphatic carbocycles. The normalized spacial score (nSPS) is 14.6. The molecule has 2 N–H and O–H groups in total. The van der Waals surface area contributed by atoms with E-state index in [-0.39, 0.29) is 5.91 Å². The van der Waals surface area contributed by atoms with E-state index in [2.05, 4.69) is 11.8 Å². The Hall–Kier alpha value is -1.79. The quantitative estimate of drug-likeness (QED) is 0.867. The van der Waals surface area contributed by atoms with Crippen LogP contribution in [-0.2, 0) is 0 Å². The van der Waals surface area contributed by atoms with Crippen molar-refractivity contribution >= 4 is 5.91 Å². The zero-order valence-electron chi connectivity index (χ0n) is 13.0. The van der Waals surface area contributed by atoms with Gasteiger partial charge in [0.15, 0.2) is 0 Å². The van der Waals surface area contributed by atoms with Gasteiger partial charge in [-0.3, -0.25) is 4.79 Å². The van der Waals surface area contributed by atoms with Gasteiger partial charge in [0.25, 0.3) is 5.91 Å². The van der Waals surface area contributed by atoms with Gasteiger partial charge in [0.2, 0.25) is 0 Å². The molecule has 1 amide bonds. The molecular formula is C18H24N2O. The first-order valence-corrected chi connectivity index (χ1v) is 7.67. The summed E-state index contributed by atoms with van der Waals surface area (Å²) in [5.74, 6) is 6.65. The van der Waals surface area contributed by atoms with E-state index < -0.39 is 0 Å². The smallest absolute Gasteiger partial charge is 0.253 e. The van der Waals surface area contributed by atoms with Crippen molar-refractivity contribution in [3.63, 3.8) is 0 Å². The second kappa shape index (κ2) is 7.28. The Morgan fingerprint density at radius 3 is 2.76 bits per heavy atom. The summed E-state index contributed by atoms with van der Waals surface area (Å²) in [6.45, 7) is 3.15. The summed E-state index contributed by atoms with van der Waals surface area (Å²) in [6.07, 6.45) is 5.10. The molecule has 3 nitrogen and oxygen atoms in total. The average Bonchev–Trinajstić information content (AvgIpc) is 2.98. The molecule has 0 bridgehead atoms. The molecule has 0 spiro atoms. The van der Waals surface area contributed by atoms with Gasteiger partial charge in [-0.15, -0.1) is 0 Å². The van der Waals surface area contributed by atoms with Crippen LogP contribution in [0.15, 0.2) is 18.2 Å². The number of benzene rings is 1. The molecule has 0 unspecified atom stereocenters. The van der Waals surface area contributed by atoms with Crippen LogP contribution in [0.25, 0.3) is 0 Å². The summed E-state index contributed by atoms with van der Waals surface area (Å²) >= 11 is 0. The van der Waals surface area contributed by atoms with Crippen LogP contribution in [0.5, 0.6) is 0 Å². The number of amides is 1. The van der Waals surface area contributed by atoms with Crippen LogP contribution in [-0.4, -0.2) is 30.9 Å². The molecular weight excluding hydrogens is 260 g/mol. The number of nitrogens with zero attached hydrogens (tertiary/aromatic N) is 1. The fourth-order valence-corrected chi connectivity index (χ4v) is 3.02. The summed E-state index contributed by atoms with van der Waals surface area (Å²) in [4.78, 5) is 14.5. The minimum atomic E-state index is 0.0933. The average molecular weight is 284 g/mol. The zero-order chi connectivity index (χ0) is 15.2. The fraction of sp³-hybridized carbons (Fsp3) is 0.500. The molecule has 1 aromatic rings. The minimum absolute atomic E-state index is 0.0933. The van der Waals surface area contributed by atoms with E-state index in [0.29, 0.717) is 12.5 Å². The second-order valence-electron chi connectivity index (χ2n) is 5.82. The van der Waals surface area contributed by atoms with Crippen LogP contribution in [0.1, 0.15) is 47.2 Å². The Morgan fingerprint density at radius 1 is 1.38 bits per heavy atom. The van der Waals surface area contributed by atoms with E-state index >= 15 is 0 Å². The monoisotopic (exact) mass is 284 g/mol. The van der Waals surface area contributed by atoms with Crippen molar-refractivity contribution in [1.29, 1.82) is 0 Å². The van der Waals surface area contributed by atoms with Crippen molar-refractivity contribution in [3.05, 3.63) is 34.9 Å². The van der Waals surface area contributed by atoms with Crippen molar-refractivity contribution < 1.29 is 4.79 Å². The lowest BCUT2D eigenvalue weighted by atomic mass is 10.0. The number of hydrogen-bond donors (Lipinski definition) is 1. The van der Waals surface area contributed by atoms with Crippen molar-refractivity contribution in [3.8, 4) is 11.8 Å². The predicted molar refractivity (Wildman–Crippen MR) is 86.0 cm³/mol. The largest absolute Gasteiger partial charge is 0.341 e. The molecule has 2 rings (SSSR count). The van der Waals surface area contributed by atoms with E-state index in [9.17, 15) is 4.79 Å². The highest BCUT2D eigenvalue weighted by atomic mass is 16.2. The van der Waals surface area contributed by atoms with Crippen molar-refractivity contribution in [1.82, 2.24) is 4.90 Å². The highest BCUT2D eigenvalue weighted by Crippen LogP contribution is 2.26. The molecule has 0 saturated heterocycles. The SMILES string of the molecule is Cc1c(C#CCN)cccc1C(=O)N(C)CC1CCCC1. The molecule has 0 radical (unpaired) electrons. The Bertz CT molecular complexity index is 562. The molecule has 21 heavy (non-hydrogen) atoms. The molecule has 0 heterocycles. The Labute approximate surface area is 127 Å². The zero-order valence-corrected chi connectivity index (χ0v) is 13.0. The highest BCUT2D eigenvalue weighted by molar-refractivity contribution is 5.96. The van der Waals surface area contributed by atoms with Gasteiger partial charge in [-0.2, -0.15) is 0 Å². The highest BCUT2D eigenvalue weighted by Gasteiger charge is 2.21. The molecule has 0 atom stereocenters. The molecule has 0 aliphatic heterocycles. The first-order chi connectivity index (χ1) is 10.1. The van der Waals surface area contributed by atoms with E-state index in [1.54, 1.807) is 0 Å². The number of hydrogen-bond acceptors (Lipinski definition) is 2. The van der Waals surface area contributed by atoms with Crippen LogP contribution >= 0.6 is 0 Å². The summed E-state index contributed by atoms with van der Waals surface area (Å²) in [6, 6.07) is 5.71. The van der Waals surface area contributed by atoms with Gasteiger partial charge in [0.05, 0.1) is 6.54 Å². The van der Waals surface area contributed by atoms with Gasteiger partial charge < -0.3 is 10.6 Å². The molecule has 3 heteroatoms. The van der Waals surface area contributed by atoms with E-state index in [4.69, 9.17) is 5.73 Å². The molecule has 1 aromatic carbocycles. The number of carbonyl (C=O) groups excluding carboxylic acids is 1. The number of carbonyl (C=O) groups is 1. The van der Waals surface area contributed by atoms with Crippen LogP contribution in [0.3, 0.4) is 0 Å². The van der Waals surface area contributed by atoms with Gasteiger partial charge in [-0.1, -0.05) is 30.7 Å². The predicted octanol–water partition coefficient (Wildman–Crippen LogP) is 2.57. The third-order valence-electron chi connectivity index (χ3n) is 4.24. The Kier molecular flexibility index (Phi) is 5.41. The van der Waals surface area contributed by atoms with Gasteiger partial charge in [0.1, 0.15) is 0 Å². The Balaban J connectivity index is 2.14. The van der Waals surface area contributed by atoms with Crippen molar-refractivity contribution in [2.45, 2.75) is 32.6 Å². The van der Waals surface area contributed by atoms with Crippen LogP contribution < -0.4 is 5.73 Å². The topological polar surface area (TPSA) is 46.3 Å². The number of rotatable bonds is 3. The van der Waals surface area contributed by atoms with Gasteiger partial charge in [0, 0.05) is 24.7 Å². The molecule has 1 aliphatic rings. The summed E-state index contributed by atoms with van der Waals surface area (Å²) in [5.41, 5.74) is 8.00. The van der Waals surface area contributed by atoms with E-state index in [0.717, 1.165) is 23.2 Å². The second-order valence-corrected chi connectivity index (χ2v) is 5.82. The lowest BCUT2D eigenvalue weighted by molar-refractivity contribution is 0.0772.